The molecule has 0 bridgehead atoms. The standard InChI is InChI=1S/C29H36ClN5OS/c1-4-13-35(14-5-2)28(36)24-11-8-10-23(19-24)21-37-29-31-26(30)20-27(32-29)34-17-15-33(16-18-34)25-12-7-6-9-22(25)3/h6-12,19-20H,4-5,13-18,21H2,1-3H3. The topological polar surface area (TPSA) is 52.6 Å². The Hall–Kier alpha value is -2.77. The number of aryl methyl sites for hydroxylation is 1. The van der Waals surface area contributed by atoms with E-state index < -0.39 is 0 Å². The molecule has 2 aromatic carbocycles. The Morgan fingerprint density at radius 3 is 2.35 bits per heavy atom. The number of thioether (sulfide) groups is 1. The van der Waals surface area contributed by atoms with Crippen LogP contribution >= 0.6 is 23.4 Å². The number of nitrogens with zero attached hydrogens (tertiary/aromatic N) is 5. The summed E-state index contributed by atoms with van der Waals surface area (Å²) in [5.74, 6) is 1.64. The number of amides is 1. The predicted octanol–water partition coefficient (Wildman–Crippen LogP) is 6.32. The zero-order valence-electron chi connectivity index (χ0n) is 22.0. The Morgan fingerprint density at radius 2 is 1.65 bits per heavy atom. The van der Waals surface area contributed by atoms with E-state index >= 15 is 0 Å². The van der Waals surface area contributed by atoms with Gasteiger partial charge in [0.15, 0.2) is 5.16 Å². The molecule has 1 amide bonds. The van der Waals surface area contributed by atoms with Crippen molar-refractivity contribution in [3.05, 3.63) is 76.4 Å². The van der Waals surface area contributed by atoms with Crippen LogP contribution in [0.4, 0.5) is 11.5 Å². The lowest BCUT2D eigenvalue weighted by molar-refractivity contribution is 0.0755. The highest BCUT2D eigenvalue weighted by Crippen LogP contribution is 2.27. The first-order valence-electron chi connectivity index (χ1n) is 13.1. The molecule has 1 aromatic heterocycles. The average Bonchev–Trinajstić information content (AvgIpc) is 2.92. The Bertz CT molecular complexity index is 1190. The van der Waals surface area contributed by atoms with E-state index in [2.05, 4.69) is 59.8 Å². The van der Waals surface area contributed by atoms with Crippen LogP contribution in [0.1, 0.15) is 48.2 Å². The van der Waals surface area contributed by atoms with Gasteiger partial charge >= 0.3 is 0 Å². The predicted molar refractivity (Wildman–Crippen MR) is 155 cm³/mol. The normalized spacial score (nSPS) is 13.6. The number of aromatic nitrogens is 2. The molecular formula is C29H36ClN5OS. The molecule has 1 aliphatic rings. The second-order valence-electron chi connectivity index (χ2n) is 9.37. The SMILES string of the molecule is CCCN(CCC)C(=O)c1cccc(CSc2nc(Cl)cc(N3CCN(c4ccccc4C)CC3)n2)c1. The zero-order valence-corrected chi connectivity index (χ0v) is 23.6. The van der Waals surface area contributed by atoms with Crippen LogP contribution in [0.15, 0.2) is 59.8 Å². The van der Waals surface area contributed by atoms with Gasteiger partial charge in [-0.25, -0.2) is 9.97 Å². The van der Waals surface area contributed by atoms with Crippen LogP contribution in [0.5, 0.6) is 0 Å². The number of hydrogen-bond donors (Lipinski definition) is 0. The minimum atomic E-state index is 0.0988. The third-order valence-corrected chi connectivity index (χ3v) is 7.65. The molecule has 8 heteroatoms. The van der Waals surface area contributed by atoms with E-state index in [1.807, 2.05) is 35.2 Å². The summed E-state index contributed by atoms with van der Waals surface area (Å²) in [5, 5.41) is 1.10. The van der Waals surface area contributed by atoms with E-state index in [4.69, 9.17) is 16.6 Å². The molecule has 0 saturated carbocycles. The quantitative estimate of drug-likeness (QED) is 0.171. The van der Waals surface area contributed by atoms with Gasteiger partial charge in [-0.2, -0.15) is 0 Å². The molecule has 196 valence electrons. The van der Waals surface area contributed by atoms with Crippen molar-refractivity contribution >= 4 is 40.8 Å². The maximum Gasteiger partial charge on any atom is 0.253 e. The lowest BCUT2D eigenvalue weighted by Gasteiger charge is -2.37. The number of para-hydroxylation sites is 1. The largest absolute Gasteiger partial charge is 0.368 e. The lowest BCUT2D eigenvalue weighted by atomic mass is 10.1. The Labute approximate surface area is 230 Å². The molecular weight excluding hydrogens is 502 g/mol. The summed E-state index contributed by atoms with van der Waals surface area (Å²) in [6.07, 6.45) is 1.91. The smallest absolute Gasteiger partial charge is 0.253 e. The molecule has 2 heterocycles. The fraction of sp³-hybridized carbons (Fsp3) is 0.414. The molecule has 4 rings (SSSR count). The first kappa shape index (κ1) is 27.3. The molecule has 3 aromatic rings. The molecule has 0 radical (unpaired) electrons. The monoisotopic (exact) mass is 537 g/mol. The van der Waals surface area contributed by atoms with Gasteiger partial charge in [0.25, 0.3) is 5.91 Å². The van der Waals surface area contributed by atoms with Crippen molar-refractivity contribution in [3.63, 3.8) is 0 Å². The third-order valence-electron chi connectivity index (χ3n) is 6.54. The molecule has 1 saturated heterocycles. The highest BCUT2D eigenvalue weighted by atomic mass is 35.5. The molecule has 1 fully saturated rings. The Balaban J connectivity index is 1.39. The van der Waals surface area contributed by atoms with Crippen LogP contribution in [0, 0.1) is 6.92 Å². The number of hydrogen-bond acceptors (Lipinski definition) is 6. The van der Waals surface area contributed by atoms with Gasteiger partial charge in [-0.1, -0.05) is 67.5 Å². The van der Waals surface area contributed by atoms with Crippen LogP contribution < -0.4 is 9.80 Å². The first-order chi connectivity index (χ1) is 18.0. The number of piperazine rings is 1. The minimum absolute atomic E-state index is 0.0988. The number of anilines is 2. The molecule has 6 nitrogen and oxygen atoms in total. The molecule has 0 atom stereocenters. The Morgan fingerprint density at radius 1 is 0.946 bits per heavy atom. The molecule has 0 spiro atoms. The fourth-order valence-corrected chi connectivity index (χ4v) is 5.71. The minimum Gasteiger partial charge on any atom is -0.368 e. The van der Waals surface area contributed by atoms with E-state index in [0.717, 1.165) is 69.1 Å². The zero-order chi connectivity index (χ0) is 26.2. The van der Waals surface area contributed by atoms with Crippen molar-refractivity contribution in [1.29, 1.82) is 0 Å². The fourth-order valence-electron chi connectivity index (χ4n) is 4.69. The number of benzene rings is 2. The first-order valence-corrected chi connectivity index (χ1v) is 14.5. The van der Waals surface area contributed by atoms with Crippen LogP contribution in [0.2, 0.25) is 5.15 Å². The van der Waals surface area contributed by atoms with Gasteiger partial charge in [0, 0.05) is 62.3 Å². The molecule has 0 N–H and O–H groups in total. The maximum absolute atomic E-state index is 13.0. The van der Waals surface area contributed by atoms with Crippen LogP contribution in [0.3, 0.4) is 0 Å². The summed E-state index contributed by atoms with van der Waals surface area (Å²) in [6.45, 7) is 11.6. The van der Waals surface area contributed by atoms with Crippen molar-refractivity contribution in [2.24, 2.45) is 0 Å². The van der Waals surface area contributed by atoms with Crippen LogP contribution in [0.25, 0.3) is 0 Å². The van der Waals surface area contributed by atoms with Crippen molar-refractivity contribution in [1.82, 2.24) is 14.9 Å². The summed E-state index contributed by atoms with van der Waals surface area (Å²) < 4.78 is 0. The lowest BCUT2D eigenvalue weighted by Crippen LogP contribution is -2.47. The van der Waals surface area contributed by atoms with Crippen LogP contribution in [-0.4, -0.2) is 60.0 Å². The van der Waals surface area contributed by atoms with E-state index in [1.165, 1.54) is 11.3 Å². The van der Waals surface area contributed by atoms with E-state index in [9.17, 15) is 4.79 Å². The van der Waals surface area contributed by atoms with E-state index in [1.54, 1.807) is 11.8 Å². The van der Waals surface area contributed by atoms with Gasteiger partial charge in [0.05, 0.1) is 0 Å². The van der Waals surface area contributed by atoms with Gasteiger partial charge in [-0.15, -0.1) is 0 Å². The second-order valence-corrected chi connectivity index (χ2v) is 10.7. The summed E-state index contributed by atoms with van der Waals surface area (Å²) in [6, 6.07) is 18.3. The third kappa shape index (κ3) is 7.17. The van der Waals surface area contributed by atoms with Gasteiger partial charge in [0.1, 0.15) is 11.0 Å². The van der Waals surface area contributed by atoms with E-state index in [-0.39, 0.29) is 5.91 Å². The highest BCUT2D eigenvalue weighted by Gasteiger charge is 2.21. The number of carbonyl (C=O) groups excluding carboxylic acids is 1. The second kappa shape index (κ2) is 13.2. The van der Waals surface area contributed by atoms with Crippen LogP contribution in [-0.2, 0) is 5.75 Å². The van der Waals surface area contributed by atoms with Gasteiger partial charge in [-0.3, -0.25) is 4.79 Å². The van der Waals surface area contributed by atoms with Gasteiger partial charge in [-0.05, 0) is 49.1 Å². The summed E-state index contributed by atoms with van der Waals surface area (Å²) >= 11 is 7.95. The van der Waals surface area contributed by atoms with Crippen molar-refractivity contribution < 1.29 is 4.79 Å². The summed E-state index contributed by atoms with van der Waals surface area (Å²) in [4.78, 5) is 28.9. The van der Waals surface area contributed by atoms with Crippen molar-refractivity contribution in [2.45, 2.75) is 44.5 Å². The highest BCUT2D eigenvalue weighted by molar-refractivity contribution is 7.98. The number of carbonyl (C=O) groups is 1. The summed E-state index contributed by atoms with van der Waals surface area (Å²) in [7, 11) is 0. The van der Waals surface area contributed by atoms with Gasteiger partial charge in [0.2, 0.25) is 0 Å². The summed E-state index contributed by atoms with van der Waals surface area (Å²) in [5.41, 5.74) is 4.40. The molecule has 37 heavy (non-hydrogen) atoms. The van der Waals surface area contributed by atoms with Crippen molar-refractivity contribution in [3.8, 4) is 0 Å². The number of halogens is 1. The Kier molecular flexibility index (Phi) is 9.69. The average molecular weight is 538 g/mol. The maximum atomic E-state index is 13.0. The van der Waals surface area contributed by atoms with Gasteiger partial charge < -0.3 is 14.7 Å². The van der Waals surface area contributed by atoms with Crippen molar-refractivity contribution in [2.75, 3.05) is 49.1 Å². The molecule has 0 unspecified atom stereocenters. The number of rotatable bonds is 10. The molecule has 0 aliphatic carbocycles. The van der Waals surface area contributed by atoms with E-state index in [0.29, 0.717) is 16.1 Å². The molecule has 1 aliphatic heterocycles.